The van der Waals surface area contributed by atoms with Gasteiger partial charge in [-0.2, -0.15) is 0 Å². The van der Waals surface area contributed by atoms with Crippen LogP contribution in [0.3, 0.4) is 0 Å². The molecule has 0 aliphatic heterocycles. The van der Waals surface area contributed by atoms with E-state index in [2.05, 4.69) is 6.92 Å². The van der Waals surface area contributed by atoms with Crippen LogP contribution in [0.15, 0.2) is 18.2 Å². The monoisotopic (exact) mass is 314 g/mol. The average molecular weight is 315 g/mol. The van der Waals surface area contributed by atoms with Crippen molar-refractivity contribution in [1.82, 2.24) is 0 Å². The Morgan fingerprint density at radius 2 is 1.85 bits per heavy atom. The standard InChI is InChI=1S/C17H24Cl2O/c1-2-3-12-4-7-14(8-5-12)17(20)11-13-6-9-15(18)16(19)10-13/h6,9-10,12,14,17,20H,2-5,7-8,11H2,1H3. The molecule has 1 aromatic rings. The molecule has 20 heavy (non-hydrogen) atoms. The van der Waals surface area contributed by atoms with Crippen LogP contribution in [0.5, 0.6) is 0 Å². The summed E-state index contributed by atoms with van der Waals surface area (Å²) < 4.78 is 0. The SMILES string of the molecule is CCCC1CCC(C(O)Cc2ccc(Cl)c(Cl)c2)CC1. The van der Waals surface area contributed by atoms with Gasteiger partial charge < -0.3 is 5.11 Å². The molecule has 1 aromatic carbocycles. The van der Waals surface area contributed by atoms with E-state index in [0.29, 0.717) is 22.4 Å². The van der Waals surface area contributed by atoms with Crippen LogP contribution in [0.2, 0.25) is 10.0 Å². The fourth-order valence-corrected chi connectivity index (χ4v) is 3.67. The van der Waals surface area contributed by atoms with Gasteiger partial charge in [0.05, 0.1) is 16.1 Å². The summed E-state index contributed by atoms with van der Waals surface area (Å²) in [6, 6.07) is 5.64. The van der Waals surface area contributed by atoms with Crippen molar-refractivity contribution in [2.75, 3.05) is 0 Å². The minimum absolute atomic E-state index is 0.255. The minimum atomic E-state index is -0.255. The molecule has 1 aliphatic carbocycles. The lowest BCUT2D eigenvalue weighted by molar-refractivity contribution is 0.0728. The van der Waals surface area contributed by atoms with E-state index in [0.717, 1.165) is 24.3 Å². The third-order valence-electron chi connectivity index (χ3n) is 4.56. The van der Waals surface area contributed by atoms with Crippen LogP contribution in [0.4, 0.5) is 0 Å². The van der Waals surface area contributed by atoms with Gasteiger partial charge in [-0.3, -0.25) is 0 Å². The normalized spacial score (nSPS) is 24.6. The molecule has 2 rings (SSSR count). The fourth-order valence-electron chi connectivity index (χ4n) is 3.34. The van der Waals surface area contributed by atoms with Crippen molar-refractivity contribution in [3.05, 3.63) is 33.8 Å². The first-order valence-electron chi connectivity index (χ1n) is 7.72. The van der Waals surface area contributed by atoms with Gasteiger partial charge in [0.25, 0.3) is 0 Å². The summed E-state index contributed by atoms with van der Waals surface area (Å²) in [6.07, 6.45) is 7.92. The van der Waals surface area contributed by atoms with E-state index in [1.165, 1.54) is 25.7 Å². The second kappa shape index (κ2) is 7.68. The Kier molecular flexibility index (Phi) is 6.20. The number of aliphatic hydroxyl groups is 1. The maximum Gasteiger partial charge on any atom is 0.0608 e. The minimum Gasteiger partial charge on any atom is -0.392 e. The molecule has 1 N–H and O–H groups in total. The van der Waals surface area contributed by atoms with Gasteiger partial charge in [0, 0.05) is 0 Å². The molecule has 1 unspecified atom stereocenters. The molecule has 112 valence electrons. The third kappa shape index (κ3) is 4.38. The molecule has 0 aromatic heterocycles. The highest BCUT2D eigenvalue weighted by Crippen LogP contribution is 2.34. The van der Waals surface area contributed by atoms with E-state index in [1.807, 2.05) is 18.2 Å². The smallest absolute Gasteiger partial charge is 0.0608 e. The molecule has 0 radical (unpaired) electrons. The quantitative estimate of drug-likeness (QED) is 0.760. The van der Waals surface area contributed by atoms with Gasteiger partial charge in [-0.25, -0.2) is 0 Å². The highest BCUT2D eigenvalue weighted by atomic mass is 35.5. The molecule has 1 atom stereocenters. The topological polar surface area (TPSA) is 20.2 Å². The molecule has 0 spiro atoms. The molecule has 0 saturated heterocycles. The highest BCUT2D eigenvalue weighted by molar-refractivity contribution is 6.42. The van der Waals surface area contributed by atoms with Crippen LogP contribution in [0, 0.1) is 11.8 Å². The summed E-state index contributed by atoms with van der Waals surface area (Å²) >= 11 is 11.9. The summed E-state index contributed by atoms with van der Waals surface area (Å²) in [4.78, 5) is 0. The lowest BCUT2D eigenvalue weighted by Gasteiger charge is -2.31. The number of hydrogen-bond donors (Lipinski definition) is 1. The summed E-state index contributed by atoms with van der Waals surface area (Å²) in [5.41, 5.74) is 1.07. The van der Waals surface area contributed by atoms with Crippen molar-refractivity contribution in [1.29, 1.82) is 0 Å². The average Bonchev–Trinajstić information content (AvgIpc) is 2.44. The van der Waals surface area contributed by atoms with Crippen LogP contribution in [0.25, 0.3) is 0 Å². The summed E-state index contributed by atoms with van der Waals surface area (Å²) in [5.74, 6) is 1.32. The second-order valence-electron chi connectivity index (χ2n) is 6.09. The largest absolute Gasteiger partial charge is 0.392 e. The Balaban J connectivity index is 1.86. The molecule has 3 heteroatoms. The van der Waals surface area contributed by atoms with E-state index in [1.54, 1.807) is 0 Å². The van der Waals surface area contributed by atoms with Crippen molar-refractivity contribution >= 4 is 23.2 Å². The van der Waals surface area contributed by atoms with E-state index in [-0.39, 0.29) is 6.10 Å². The fraction of sp³-hybridized carbons (Fsp3) is 0.647. The predicted octanol–water partition coefficient (Wildman–Crippen LogP) is 5.50. The summed E-state index contributed by atoms with van der Waals surface area (Å²) in [7, 11) is 0. The first kappa shape index (κ1) is 16.1. The van der Waals surface area contributed by atoms with Gasteiger partial charge in [0.2, 0.25) is 0 Å². The molecule has 1 aliphatic rings. The number of hydrogen-bond acceptors (Lipinski definition) is 1. The zero-order chi connectivity index (χ0) is 14.5. The lowest BCUT2D eigenvalue weighted by Crippen LogP contribution is -2.27. The van der Waals surface area contributed by atoms with Crippen molar-refractivity contribution in [2.24, 2.45) is 11.8 Å². The first-order valence-corrected chi connectivity index (χ1v) is 8.47. The molecule has 1 saturated carbocycles. The second-order valence-corrected chi connectivity index (χ2v) is 6.90. The van der Waals surface area contributed by atoms with Crippen molar-refractivity contribution in [3.8, 4) is 0 Å². The van der Waals surface area contributed by atoms with Gasteiger partial charge in [-0.15, -0.1) is 0 Å². The number of rotatable bonds is 5. The van der Waals surface area contributed by atoms with Crippen LogP contribution in [0.1, 0.15) is 51.0 Å². The first-order chi connectivity index (χ1) is 9.60. The third-order valence-corrected chi connectivity index (χ3v) is 5.30. The number of halogens is 2. The Bertz CT molecular complexity index is 425. The Morgan fingerprint density at radius 3 is 2.45 bits per heavy atom. The van der Waals surface area contributed by atoms with Gasteiger partial charge in [-0.05, 0) is 48.8 Å². The summed E-state index contributed by atoms with van der Waals surface area (Å²) in [5, 5.41) is 11.6. The van der Waals surface area contributed by atoms with E-state index in [9.17, 15) is 5.11 Å². The van der Waals surface area contributed by atoms with Gasteiger partial charge in [0.15, 0.2) is 0 Å². The van der Waals surface area contributed by atoms with Crippen LogP contribution >= 0.6 is 23.2 Å². The summed E-state index contributed by atoms with van der Waals surface area (Å²) in [6.45, 7) is 2.26. The van der Waals surface area contributed by atoms with E-state index in [4.69, 9.17) is 23.2 Å². The Hall–Kier alpha value is -0.240. The maximum atomic E-state index is 10.4. The molecular formula is C17H24Cl2O. The molecule has 0 bridgehead atoms. The van der Waals surface area contributed by atoms with Gasteiger partial charge >= 0.3 is 0 Å². The molecular weight excluding hydrogens is 291 g/mol. The molecule has 0 heterocycles. The zero-order valence-corrected chi connectivity index (χ0v) is 13.6. The van der Waals surface area contributed by atoms with Crippen LogP contribution < -0.4 is 0 Å². The number of aliphatic hydroxyl groups excluding tert-OH is 1. The van der Waals surface area contributed by atoms with Crippen molar-refractivity contribution in [3.63, 3.8) is 0 Å². The lowest BCUT2D eigenvalue weighted by atomic mass is 9.77. The van der Waals surface area contributed by atoms with E-state index < -0.39 is 0 Å². The number of benzene rings is 1. The zero-order valence-electron chi connectivity index (χ0n) is 12.1. The van der Waals surface area contributed by atoms with Gasteiger partial charge in [-0.1, -0.05) is 61.9 Å². The molecule has 1 nitrogen and oxygen atoms in total. The van der Waals surface area contributed by atoms with Crippen molar-refractivity contribution < 1.29 is 5.11 Å². The van der Waals surface area contributed by atoms with Crippen LogP contribution in [-0.2, 0) is 6.42 Å². The Morgan fingerprint density at radius 1 is 1.15 bits per heavy atom. The molecule has 1 fully saturated rings. The van der Waals surface area contributed by atoms with Crippen LogP contribution in [-0.4, -0.2) is 11.2 Å². The maximum absolute atomic E-state index is 10.4. The predicted molar refractivity (Wildman–Crippen MR) is 86.5 cm³/mol. The Labute approximate surface area is 132 Å². The highest BCUT2D eigenvalue weighted by Gasteiger charge is 2.26. The van der Waals surface area contributed by atoms with Crippen molar-refractivity contribution in [2.45, 2.75) is 58.0 Å². The van der Waals surface area contributed by atoms with E-state index >= 15 is 0 Å². The van der Waals surface area contributed by atoms with Gasteiger partial charge in [0.1, 0.15) is 0 Å². The molecule has 0 amide bonds.